The van der Waals surface area contributed by atoms with Crippen LogP contribution in [0.2, 0.25) is 0 Å². The second kappa shape index (κ2) is 10.6. The molecule has 7 nitrogen and oxygen atoms in total. The molecule has 2 aromatic carbocycles. The van der Waals surface area contributed by atoms with Gasteiger partial charge in [0.05, 0.1) is 17.3 Å². The molecule has 192 valence electrons. The number of carbonyl (C=O) groups is 1. The van der Waals surface area contributed by atoms with Crippen molar-refractivity contribution in [3.8, 4) is 16.9 Å². The third-order valence-corrected chi connectivity index (χ3v) is 7.59. The summed E-state index contributed by atoms with van der Waals surface area (Å²) in [5.41, 5.74) is 2.38. The van der Waals surface area contributed by atoms with Crippen LogP contribution in [-0.4, -0.2) is 79.0 Å². The van der Waals surface area contributed by atoms with Gasteiger partial charge in [0.15, 0.2) is 0 Å². The molecule has 2 aliphatic heterocycles. The highest BCUT2D eigenvalue weighted by Gasteiger charge is 2.41. The minimum absolute atomic E-state index is 0.0814. The number of amides is 1. The molecule has 1 aliphatic carbocycles. The van der Waals surface area contributed by atoms with Crippen molar-refractivity contribution in [2.24, 2.45) is 11.0 Å². The Labute approximate surface area is 214 Å². The molecule has 0 radical (unpaired) electrons. The lowest BCUT2D eigenvalue weighted by Gasteiger charge is -2.40. The van der Waals surface area contributed by atoms with E-state index >= 15 is 0 Å². The Morgan fingerprint density at radius 1 is 1.14 bits per heavy atom. The van der Waals surface area contributed by atoms with E-state index in [9.17, 15) is 9.90 Å². The number of carbonyl (C=O) groups excluding carboxylic acids is 1. The Balaban J connectivity index is 1.30. The number of anilines is 1. The van der Waals surface area contributed by atoms with E-state index in [0.717, 1.165) is 48.4 Å². The maximum Gasteiger partial charge on any atom is 0.225 e. The first kappa shape index (κ1) is 24.8. The summed E-state index contributed by atoms with van der Waals surface area (Å²) in [6.45, 7) is 2.72. The van der Waals surface area contributed by atoms with Crippen molar-refractivity contribution in [2.45, 2.75) is 50.2 Å². The first-order valence-electron chi connectivity index (χ1n) is 13.2. The topological polar surface area (TPSA) is 68.6 Å². The quantitative estimate of drug-likeness (QED) is 0.575. The molecule has 7 heteroatoms. The molecule has 2 heterocycles. The first-order valence-corrected chi connectivity index (χ1v) is 13.2. The zero-order chi connectivity index (χ0) is 25.1. The predicted octanol–water partition coefficient (Wildman–Crippen LogP) is 4.01. The van der Waals surface area contributed by atoms with Crippen LogP contribution in [0.15, 0.2) is 53.6 Å². The van der Waals surface area contributed by atoms with Crippen LogP contribution in [0.5, 0.6) is 5.75 Å². The van der Waals surface area contributed by atoms with E-state index in [2.05, 4.69) is 40.3 Å². The van der Waals surface area contributed by atoms with Gasteiger partial charge in [0, 0.05) is 49.8 Å². The standard InChI is InChI=1S/C29H38N4O3/c1-31(2)18-19-36-27-20-24(10-11-26(27)22-6-4-3-5-7-22)33-25(12-15-30-33)21-29(35)13-16-32(17-14-29)28(34)23-8-9-23/h3-7,10-11,15,20,23,25,35H,8-9,12-14,16-19,21H2,1-2H3. The highest BCUT2D eigenvalue weighted by Crippen LogP contribution is 2.39. The minimum Gasteiger partial charge on any atom is -0.492 e. The summed E-state index contributed by atoms with van der Waals surface area (Å²) in [7, 11) is 4.08. The van der Waals surface area contributed by atoms with E-state index in [1.54, 1.807) is 0 Å². The predicted molar refractivity (Wildman–Crippen MR) is 143 cm³/mol. The van der Waals surface area contributed by atoms with Gasteiger partial charge in [-0.25, -0.2) is 0 Å². The molecular weight excluding hydrogens is 452 g/mol. The molecular formula is C29H38N4O3. The Hall–Kier alpha value is -2.90. The van der Waals surface area contributed by atoms with Crippen LogP contribution in [0.1, 0.15) is 38.5 Å². The zero-order valence-corrected chi connectivity index (χ0v) is 21.5. The minimum atomic E-state index is -0.772. The fourth-order valence-corrected chi connectivity index (χ4v) is 5.24. The van der Waals surface area contributed by atoms with Crippen LogP contribution in [0.4, 0.5) is 5.69 Å². The number of likely N-dealkylation sites (N-methyl/N-ethyl adjacent to an activating group) is 1. The van der Waals surface area contributed by atoms with Gasteiger partial charge in [0.2, 0.25) is 5.91 Å². The van der Waals surface area contributed by atoms with Crippen molar-refractivity contribution >= 4 is 17.8 Å². The van der Waals surface area contributed by atoms with Gasteiger partial charge < -0.3 is 19.6 Å². The molecule has 1 amide bonds. The van der Waals surface area contributed by atoms with Crippen LogP contribution < -0.4 is 9.75 Å². The monoisotopic (exact) mass is 490 g/mol. The number of ether oxygens (including phenoxy) is 1. The largest absolute Gasteiger partial charge is 0.492 e. The molecule has 1 atom stereocenters. The fourth-order valence-electron chi connectivity index (χ4n) is 5.24. The average molecular weight is 491 g/mol. The number of hydrogen-bond acceptors (Lipinski definition) is 6. The van der Waals surface area contributed by atoms with Crippen molar-refractivity contribution in [2.75, 3.05) is 45.3 Å². The molecule has 3 aliphatic rings. The Bertz CT molecular complexity index is 1080. The van der Waals surface area contributed by atoms with Gasteiger partial charge in [-0.3, -0.25) is 9.80 Å². The third kappa shape index (κ3) is 5.73. The lowest BCUT2D eigenvalue weighted by molar-refractivity contribution is -0.137. The van der Waals surface area contributed by atoms with E-state index in [1.807, 2.05) is 48.4 Å². The smallest absolute Gasteiger partial charge is 0.225 e. The third-order valence-electron chi connectivity index (χ3n) is 7.59. The second-order valence-corrected chi connectivity index (χ2v) is 10.8. The molecule has 1 N–H and O–H groups in total. The SMILES string of the molecule is CN(C)CCOc1cc(N2N=CCC2CC2(O)CCN(C(=O)C3CC3)CC2)ccc1-c1ccccc1. The van der Waals surface area contributed by atoms with Crippen molar-refractivity contribution < 1.29 is 14.6 Å². The number of benzene rings is 2. The van der Waals surface area contributed by atoms with Crippen molar-refractivity contribution in [1.82, 2.24) is 9.80 Å². The number of aliphatic hydroxyl groups is 1. The Morgan fingerprint density at radius 3 is 2.58 bits per heavy atom. The van der Waals surface area contributed by atoms with E-state index in [-0.39, 0.29) is 17.9 Å². The molecule has 5 rings (SSSR count). The van der Waals surface area contributed by atoms with Crippen LogP contribution in [0.25, 0.3) is 11.1 Å². The molecule has 2 fully saturated rings. The second-order valence-electron chi connectivity index (χ2n) is 10.8. The fraction of sp³-hybridized carbons (Fsp3) is 0.517. The van der Waals surface area contributed by atoms with Crippen LogP contribution >= 0.6 is 0 Å². The maximum atomic E-state index is 12.4. The van der Waals surface area contributed by atoms with Gasteiger partial charge >= 0.3 is 0 Å². The van der Waals surface area contributed by atoms with Gasteiger partial charge in [-0.15, -0.1) is 0 Å². The first-order chi connectivity index (χ1) is 17.4. The summed E-state index contributed by atoms with van der Waals surface area (Å²) in [6.07, 6.45) is 6.68. The summed E-state index contributed by atoms with van der Waals surface area (Å²) in [6, 6.07) is 16.7. The van der Waals surface area contributed by atoms with Gasteiger partial charge in [-0.1, -0.05) is 30.3 Å². The summed E-state index contributed by atoms with van der Waals surface area (Å²) in [4.78, 5) is 16.5. The van der Waals surface area contributed by atoms with Gasteiger partial charge in [-0.2, -0.15) is 5.10 Å². The van der Waals surface area contributed by atoms with E-state index in [4.69, 9.17) is 4.74 Å². The highest BCUT2D eigenvalue weighted by atomic mass is 16.5. The number of piperidine rings is 1. The highest BCUT2D eigenvalue weighted by molar-refractivity contribution is 5.81. The molecule has 1 unspecified atom stereocenters. The summed E-state index contributed by atoms with van der Waals surface area (Å²) >= 11 is 0. The number of nitrogens with zero attached hydrogens (tertiary/aromatic N) is 4. The summed E-state index contributed by atoms with van der Waals surface area (Å²) in [5.74, 6) is 1.36. The normalized spacial score (nSPS) is 21.3. The molecule has 36 heavy (non-hydrogen) atoms. The van der Waals surface area contributed by atoms with Crippen LogP contribution in [-0.2, 0) is 4.79 Å². The number of hydrogen-bond donors (Lipinski definition) is 1. The van der Waals surface area contributed by atoms with Crippen LogP contribution in [0.3, 0.4) is 0 Å². The van der Waals surface area contributed by atoms with Gasteiger partial charge in [-0.05, 0) is 63.9 Å². The summed E-state index contributed by atoms with van der Waals surface area (Å²) in [5, 5.41) is 18.1. The van der Waals surface area contributed by atoms with E-state index in [0.29, 0.717) is 39.0 Å². The molecule has 0 bridgehead atoms. The van der Waals surface area contributed by atoms with Crippen LogP contribution in [0, 0.1) is 5.92 Å². The Kier molecular flexibility index (Phi) is 7.30. The molecule has 1 saturated carbocycles. The zero-order valence-electron chi connectivity index (χ0n) is 21.5. The van der Waals surface area contributed by atoms with Gasteiger partial charge in [0.1, 0.15) is 12.4 Å². The van der Waals surface area contributed by atoms with Crippen molar-refractivity contribution in [1.29, 1.82) is 0 Å². The molecule has 2 aromatic rings. The van der Waals surface area contributed by atoms with Crippen molar-refractivity contribution in [3.63, 3.8) is 0 Å². The average Bonchev–Trinajstić information content (AvgIpc) is 3.63. The number of hydrazone groups is 1. The lowest BCUT2D eigenvalue weighted by Crippen LogP contribution is -2.49. The molecule has 1 saturated heterocycles. The Morgan fingerprint density at radius 2 is 1.89 bits per heavy atom. The lowest BCUT2D eigenvalue weighted by atomic mass is 9.84. The van der Waals surface area contributed by atoms with Gasteiger partial charge in [0.25, 0.3) is 0 Å². The molecule has 0 spiro atoms. The number of likely N-dealkylation sites (tertiary alicyclic amines) is 1. The van der Waals surface area contributed by atoms with E-state index < -0.39 is 5.60 Å². The molecule has 0 aromatic heterocycles. The maximum absolute atomic E-state index is 12.4. The number of rotatable bonds is 9. The van der Waals surface area contributed by atoms with Crippen molar-refractivity contribution in [3.05, 3.63) is 48.5 Å². The van der Waals surface area contributed by atoms with E-state index in [1.165, 1.54) is 0 Å². The summed E-state index contributed by atoms with van der Waals surface area (Å²) < 4.78 is 6.26.